The van der Waals surface area contributed by atoms with Crippen LogP contribution in [0.4, 0.5) is 0 Å². The van der Waals surface area contributed by atoms with Crippen LogP contribution in [0.1, 0.15) is 45.2 Å². The van der Waals surface area contributed by atoms with Crippen LogP contribution in [-0.2, 0) is 0 Å². The minimum absolute atomic E-state index is 0.114. The lowest BCUT2D eigenvalue weighted by Crippen LogP contribution is -2.41. The molecule has 0 aliphatic rings. The predicted octanol–water partition coefficient (Wildman–Crippen LogP) is 3.96. The van der Waals surface area contributed by atoms with Gasteiger partial charge in [0.2, 0.25) is 0 Å². The molecule has 2 nitrogen and oxygen atoms in total. The van der Waals surface area contributed by atoms with Gasteiger partial charge in [-0.05, 0) is 45.0 Å². The van der Waals surface area contributed by atoms with E-state index in [4.69, 9.17) is 5.73 Å². The van der Waals surface area contributed by atoms with Crippen LogP contribution in [0.5, 0.6) is 0 Å². The van der Waals surface area contributed by atoms with Crippen molar-refractivity contribution >= 4 is 15.9 Å². The van der Waals surface area contributed by atoms with Crippen molar-refractivity contribution in [3.8, 4) is 0 Å². The van der Waals surface area contributed by atoms with Gasteiger partial charge in [0.1, 0.15) is 0 Å². The normalized spacial score (nSPS) is 16.6. The monoisotopic (exact) mass is 312 g/mol. The van der Waals surface area contributed by atoms with Crippen LogP contribution in [0, 0.1) is 0 Å². The zero-order chi connectivity index (χ0) is 13.7. The molecule has 0 aliphatic heterocycles. The van der Waals surface area contributed by atoms with Gasteiger partial charge in [0.15, 0.2) is 0 Å². The first kappa shape index (κ1) is 15.7. The summed E-state index contributed by atoms with van der Waals surface area (Å²) in [6, 6.07) is 9.39. The molecule has 0 heterocycles. The van der Waals surface area contributed by atoms with Crippen molar-refractivity contribution in [3.05, 3.63) is 34.3 Å². The van der Waals surface area contributed by atoms with Gasteiger partial charge in [-0.15, -0.1) is 0 Å². The SMILES string of the molecule is CCCC(C)N(C)C(c1cccc(Br)c1)C(C)N. The van der Waals surface area contributed by atoms with Crippen molar-refractivity contribution in [2.75, 3.05) is 7.05 Å². The third kappa shape index (κ3) is 4.08. The number of hydrogen-bond donors (Lipinski definition) is 1. The summed E-state index contributed by atoms with van der Waals surface area (Å²) in [6.45, 7) is 6.59. The van der Waals surface area contributed by atoms with Crippen molar-refractivity contribution < 1.29 is 0 Å². The molecule has 0 saturated heterocycles. The number of benzene rings is 1. The van der Waals surface area contributed by atoms with E-state index in [-0.39, 0.29) is 12.1 Å². The van der Waals surface area contributed by atoms with Crippen molar-refractivity contribution in [2.24, 2.45) is 5.73 Å². The fourth-order valence-corrected chi connectivity index (χ4v) is 2.91. The van der Waals surface area contributed by atoms with Crippen LogP contribution in [0.15, 0.2) is 28.7 Å². The number of halogens is 1. The van der Waals surface area contributed by atoms with E-state index in [1.165, 1.54) is 18.4 Å². The van der Waals surface area contributed by atoms with Crippen molar-refractivity contribution in [2.45, 2.75) is 51.7 Å². The van der Waals surface area contributed by atoms with Gasteiger partial charge in [-0.3, -0.25) is 4.90 Å². The maximum atomic E-state index is 6.20. The third-order valence-corrected chi connectivity index (χ3v) is 4.02. The van der Waals surface area contributed by atoms with Crippen molar-refractivity contribution in [3.63, 3.8) is 0 Å². The minimum Gasteiger partial charge on any atom is -0.326 e. The zero-order valence-corrected chi connectivity index (χ0v) is 13.4. The molecular weight excluding hydrogens is 288 g/mol. The van der Waals surface area contributed by atoms with Crippen LogP contribution in [0.3, 0.4) is 0 Å². The Hall–Kier alpha value is -0.380. The average Bonchev–Trinajstić information content (AvgIpc) is 2.29. The fraction of sp³-hybridized carbons (Fsp3) is 0.600. The molecule has 102 valence electrons. The van der Waals surface area contributed by atoms with Gasteiger partial charge in [0.25, 0.3) is 0 Å². The molecule has 18 heavy (non-hydrogen) atoms. The number of likely N-dealkylation sites (N-methyl/N-ethyl adjacent to an activating group) is 1. The maximum absolute atomic E-state index is 6.20. The molecular formula is C15H25BrN2. The molecule has 0 saturated carbocycles. The topological polar surface area (TPSA) is 29.3 Å². The Morgan fingerprint density at radius 3 is 2.50 bits per heavy atom. The second-order valence-electron chi connectivity index (χ2n) is 5.16. The molecule has 3 atom stereocenters. The smallest absolute Gasteiger partial charge is 0.0496 e. The first-order valence-electron chi connectivity index (χ1n) is 6.70. The molecule has 3 heteroatoms. The Balaban J connectivity index is 2.95. The molecule has 0 radical (unpaired) electrons. The van der Waals surface area contributed by atoms with E-state index in [1.54, 1.807) is 0 Å². The van der Waals surface area contributed by atoms with Gasteiger partial charge in [-0.1, -0.05) is 41.4 Å². The molecule has 0 aromatic heterocycles. The Morgan fingerprint density at radius 1 is 1.33 bits per heavy atom. The average molecular weight is 313 g/mol. The summed E-state index contributed by atoms with van der Waals surface area (Å²) in [5, 5.41) is 0. The molecule has 1 aromatic carbocycles. The Kier molecular flexibility index (Phi) is 6.33. The molecule has 0 amide bonds. The Labute approximate surface area is 120 Å². The second kappa shape index (κ2) is 7.27. The highest BCUT2D eigenvalue weighted by atomic mass is 79.9. The molecule has 0 bridgehead atoms. The lowest BCUT2D eigenvalue weighted by Gasteiger charge is -2.36. The highest BCUT2D eigenvalue weighted by Gasteiger charge is 2.24. The lowest BCUT2D eigenvalue weighted by atomic mass is 9.97. The van der Waals surface area contributed by atoms with E-state index < -0.39 is 0 Å². The summed E-state index contributed by atoms with van der Waals surface area (Å²) in [4.78, 5) is 2.40. The van der Waals surface area contributed by atoms with Gasteiger partial charge in [-0.25, -0.2) is 0 Å². The maximum Gasteiger partial charge on any atom is 0.0496 e. The van der Waals surface area contributed by atoms with Crippen molar-refractivity contribution in [1.82, 2.24) is 4.90 Å². The number of nitrogens with two attached hydrogens (primary N) is 1. The third-order valence-electron chi connectivity index (χ3n) is 3.53. The van der Waals surface area contributed by atoms with Gasteiger partial charge < -0.3 is 5.73 Å². The Morgan fingerprint density at radius 2 is 2.00 bits per heavy atom. The number of nitrogens with zero attached hydrogens (tertiary/aromatic N) is 1. The zero-order valence-electron chi connectivity index (χ0n) is 11.9. The molecule has 2 N–H and O–H groups in total. The van der Waals surface area contributed by atoms with Crippen LogP contribution in [0.25, 0.3) is 0 Å². The van der Waals surface area contributed by atoms with E-state index in [1.807, 2.05) is 0 Å². The van der Waals surface area contributed by atoms with Crippen molar-refractivity contribution in [1.29, 1.82) is 0 Å². The van der Waals surface area contributed by atoms with E-state index in [2.05, 4.69) is 72.9 Å². The van der Waals surface area contributed by atoms with Crippen LogP contribution in [-0.4, -0.2) is 24.0 Å². The quantitative estimate of drug-likeness (QED) is 0.861. The molecule has 0 spiro atoms. The van der Waals surface area contributed by atoms with E-state index >= 15 is 0 Å². The first-order valence-corrected chi connectivity index (χ1v) is 7.49. The summed E-state index contributed by atoms with van der Waals surface area (Å²) in [5.74, 6) is 0. The van der Waals surface area contributed by atoms with E-state index in [0.717, 1.165) is 4.47 Å². The molecule has 1 rings (SSSR count). The van der Waals surface area contributed by atoms with Gasteiger partial charge in [0, 0.05) is 22.6 Å². The first-order chi connectivity index (χ1) is 8.47. The predicted molar refractivity (Wildman–Crippen MR) is 82.7 cm³/mol. The van der Waals surface area contributed by atoms with Gasteiger partial charge >= 0.3 is 0 Å². The highest BCUT2D eigenvalue weighted by Crippen LogP contribution is 2.27. The Bertz CT molecular complexity index is 365. The number of hydrogen-bond acceptors (Lipinski definition) is 2. The van der Waals surface area contributed by atoms with Crippen LogP contribution in [0.2, 0.25) is 0 Å². The summed E-state index contributed by atoms with van der Waals surface area (Å²) >= 11 is 3.54. The fourth-order valence-electron chi connectivity index (χ4n) is 2.50. The van der Waals surface area contributed by atoms with E-state index in [9.17, 15) is 0 Å². The molecule has 1 aromatic rings. The second-order valence-corrected chi connectivity index (χ2v) is 6.08. The standard InChI is InChI=1S/C15H25BrN2/c1-5-7-11(2)18(4)15(12(3)17)13-8-6-9-14(16)10-13/h6,8-12,15H,5,7,17H2,1-4H3. The summed E-state index contributed by atoms with van der Waals surface area (Å²) in [6.07, 6.45) is 2.41. The summed E-state index contributed by atoms with van der Waals surface area (Å²) in [5.41, 5.74) is 7.48. The van der Waals surface area contributed by atoms with Gasteiger partial charge in [-0.2, -0.15) is 0 Å². The minimum atomic E-state index is 0.114. The van der Waals surface area contributed by atoms with Gasteiger partial charge in [0.05, 0.1) is 0 Å². The number of rotatable bonds is 6. The highest BCUT2D eigenvalue weighted by molar-refractivity contribution is 9.10. The molecule has 3 unspecified atom stereocenters. The molecule has 0 aliphatic carbocycles. The van der Waals surface area contributed by atoms with Crippen LogP contribution < -0.4 is 5.73 Å². The largest absolute Gasteiger partial charge is 0.326 e. The molecule has 0 fully saturated rings. The summed E-state index contributed by atoms with van der Waals surface area (Å²) < 4.78 is 1.11. The van der Waals surface area contributed by atoms with Crippen LogP contribution >= 0.6 is 15.9 Å². The summed E-state index contributed by atoms with van der Waals surface area (Å²) in [7, 11) is 2.18. The lowest BCUT2D eigenvalue weighted by molar-refractivity contribution is 0.157. The van der Waals surface area contributed by atoms with E-state index in [0.29, 0.717) is 6.04 Å².